The van der Waals surface area contributed by atoms with Gasteiger partial charge in [-0.1, -0.05) is 0 Å². The van der Waals surface area contributed by atoms with E-state index >= 15 is 0 Å². The summed E-state index contributed by atoms with van der Waals surface area (Å²) in [6.07, 6.45) is 6.10. The summed E-state index contributed by atoms with van der Waals surface area (Å²) in [5.41, 5.74) is 6.07. The van der Waals surface area contributed by atoms with Crippen LogP contribution in [0.15, 0.2) is 12.4 Å². The fraction of sp³-hybridized carbons (Fsp3) is 0.727. The Kier molecular flexibility index (Phi) is 2.80. The molecule has 0 aromatic carbocycles. The quantitative estimate of drug-likeness (QED) is 0.762. The molecule has 0 radical (unpaired) electrons. The van der Waals surface area contributed by atoms with Gasteiger partial charge in [0.1, 0.15) is 5.82 Å². The summed E-state index contributed by atoms with van der Waals surface area (Å²) in [7, 11) is 4.22. The number of nitrogens with zero attached hydrogens (tertiary/aromatic N) is 3. The molecule has 0 spiro atoms. The van der Waals surface area contributed by atoms with E-state index in [4.69, 9.17) is 5.73 Å². The molecule has 2 heterocycles. The Morgan fingerprint density at radius 2 is 2.07 bits per heavy atom. The lowest BCUT2D eigenvalue weighted by atomic mass is 9.77. The van der Waals surface area contributed by atoms with E-state index in [1.54, 1.807) is 0 Å². The van der Waals surface area contributed by atoms with Crippen molar-refractivity contribution in [2.45, 2.75) is 18.3 Å². The number of aryl methyl sites for hydroxylation is 1. The summed E-state index contributed by atoms with van der Waals surface area (Å²) in [5.74, 6) is 1.15. The standard InChI is InChI=1S/C11H20N4/c1-14-6-3-11(9-12,4-7-14)10-13-5-8-15(10)2/h5,8H,3-4,6-7,9,12H2,1-2H3. The van der Waals surface area contributed by atoms with E-state index in [2.05, 4.69) is 28.5 Å². The van der Waals surface area contributed by atoms with Gasteiger partial charge in [-0.3, -0.25) is 0 Å². The second-order valence-corrected chi connectivity index (χ2v) is 4.65. The molecule has 4 nitrogen and oxygen atoms in total. The van der Waals surface area contributed by atoms with Crippen LogP contribution in [0.4, 0.5) is 0 Å². The van der Waals surface area contributed by atoms with Gasteiger partial charge < -0.3 is 15.2 Å². The number of hydrogen-bond acceptors (Lipinski definition) is 3. The third-order valence-electron chi connectivity index (χ3n) is 3.63. The monoisotopic (exact) mass is 208 g/mol. The summed E-state index contributed by atoms with van der Waals surface area (Å²) in [5, 5.41) is 0. The maximum absolute atomic E-state index is 5.97. The Labute approximate surface area is 91.1 Å². The molecule has 4 heteroatoms. The van der Waals surface area contributed by atoms with Crippen molar-refractivity contribution in [2.75, 3.05) is 26.7 Å². The first kappa shape index (κ1) is 10.6. The Morgan fingerprint density at radius 3 is 2.53 bits per heavy atom. The van der Waals surface area contributed by atoms with Gasteiger partial charge in [-0.15, -0.1) is 0 Å². The first-order valence-corrected chi connectivity index (χ1v) is 5.54. The molecular formula is C11H20N4. The molecule has 0 unspecified atom stereocenters. The lowest BCUT2D eigenvalue weighted by molar-refractivity contribution is 0.182. The molecule has 0 atom stereocenters. The molecule has 0 aliphatic carbocycles. The third kappa shape index (κ3) is 1.79. The fourth-order valence-corrected chi connectivity index (χ4v) is 2.44. The largest absolute Gasteiger partial charge is 0.338 e. The van der Waals surface area contributed by atoms with Crippen LogP contribution in [0.2, 0.25) is 0 Å². The number of piperidine rings is 1. The number of rotatable bonds is 2. The van der Waals surface area contributed by atoms with Crippen LogP contribution in [0.25, 0.3) is 0 Å². The molecule has 0 saturated carbocycles. The maximum Gasteiger partial charge on any atom is 0.115 e. The molecule has 1 fully saturated rings. The number of aromatic nitrogens is 2. The first-order valence-electron chi connectivity index (χ1n) is 5.54. The van der Waals surface area contributed by atoms with Crippen molar-refractivity contribution < 1.29 is 0 Å². The molecule has 1 aliphatic heterocycles. The topological polar surface area (TPSA) is 47.1 Å². The van der Waals surface area contributed by atoms with Crippen LogP contribution in [-0.4, -0.2) is 41.1 Å². The van der Waals surface area contributed by atoms with Crippen molar-refractivity contribution in [1.82, 2.24) is 14.5 Å². The van der Waals surface area contributed by atoms with Gasteiger partial charge in [0.2, 0.25) is 0 Å². The summed E-state index contributed by atoms with van der Waals surface area (Å²) in [6, 6.07) is 0. The fourth-order valence-electron chi connectivity index (χ4n) is 2.44. The van der Waals surface area contributed by atoms with Crippen LogP contribution in [-0.2, 0) is 12.5 Å². The second-order valence-electron chi connectivity index (χ2n) is 4.65. The molecule has 15 heavy (non-hydrogen) atoms. The van der Waals surface area contributed by atoms with Crippen LogP contribution in [0.5, 0.6) is 0 Å². The Hall–Kier alpha value is -0.870. The number of imidazole rings is 1. The third-order valence-corrected chi connectivity index (χ3v) is 3.63. The van der Waals surface area contributed by atoms with Crippen molar-refractivity contribution in [3.8, 4) is 0 Å². The molecule has 2 rings (SSSR count). The highest BCUT2D eigenvalue weighted by atomic mass is 15.1. The van der Waals surface area contributed by atoms with Gasteiger partial charge >= 0.3 is 0 Å². The Morgan fingerprint density at radius 1 is 1.40 bits per heavy atom. The smallest absolute Gasteiger partial charge is 0.115 e. The summed E-state index contributed by atoms with van der Waals surface area (Å²) >= 11 is 0. The van der Waals surface area contributed by atoms with Crippen molar-refractivity contribution in [3.63, 3.8) is 0 Å². The minimum absolute atomic E-state index is 0.102. The average Bonchev–Trinajstić information content (AvgIpc) is 2.67. The molecule has 84 valence electrons. The van der Waals surface area contributed by atoms with Crippen LogP contribution in [0, 0.1) is 0 Å². The second kappa shape index (κ2) is 3.94. The van der Waals surface area contributed by atoms with E-state index in [1.165, 1.54) is 0 Å². The van der Waals surface area contributed by atoms with Crippen molar-refractivity contribution in [3.05, 3.63) is 18.2 Å². The van der Waals surface area contributed by atoms with Crippen molar-refractivity contribution >= 4 is 0 Å². The average molecular weight is 208 g/mol. The number of nitrogens with two attached hydrogens (primary N) is 1. The van der Waals surface area contributed by atoms with Gasteiger partial charge in [-0.05, 0) is 33.0 Å². The maximum atomic E-state index is 5.97. The summed E-state index contributed by atoms with van der Waals surface area (Å²) in [6.45, 7) is 2.93. The van der Waals surface area contributed by atoms with Crippen molar-refractivity contribution in [1.29, 1.82) is 0 Å². The highest BCUT2D eigenvalue weighted by molar-refractivity contribution is 5.13. The van der Waals surface area contributed by atoms with E-state index in [0.29, 0.717) is 6.54 Å². The lowest BCUT2D eigenvalue weighted by Crippen LogP contribution is -2.46. The van der Waals surface area contributed by atoms with Crippen LogP contribution in [0.3, 0.4) is 0 Å². The molecular weight excluding hydrogens is 188 g/mol. The summed E-state index contributed by atoms with van der Waals surface area (Å²) < 4.78 is 2.11. The molecule has 1 saturated heterocycles. The zero-order valence-corrected chi connectivity index (χ0v) is 9.61. The van der Waals surface area contributed by atoms with Gasteiger partial charge in [0.15, 0.2) is 0 Å². The van der Waals surface area contributed by atoms with E-state index in [-0.39, 0.29) is 5.41 Å². The molecule has 1 aliphatic rings. The predicted molar refractivity (Wildman–Crippen MR) is 60.7 cm³/mol. The molecule has 1 aromatic heterocycles. The normalized spacial score (nSPS) is 21.8. The number of likely N-dealkylation sites (tertiary alicyclic amines) is 1. The Bertz CT molecular complexity index is 323. The first-order chi connectivity index (χ1) is 7.18. The zero-order chi connectivity index (χ0) is 10.9. The Balaban J connectivity index is 2.26. The zero-order valence-electron chi connectivity index (χ0n) is 9.61. The van der Waals surface area contributed by atoms with E-state index in [1.807, 2.05) is 12.4 Å². The van der Waals surface area contributed by atoms with E-state index in [9.17, 15) is 0 Å². The van der Waals surface area contributed by atoms with Gasteiger partial charge in [0.05, 0.1) is 0 Å². The van der Waals surface area contributed by atoms with Gasteiger partial charge in [-0.25, -0.2) is 4.98 Å². The highest BCUT2D eigenvalue weighted by Crippen LogP contribution is 2.32. The molecule has 2 N–H and O–H groups in total. The highest BCUT2D eigenvalue weighted by Gasteiger charge is 2.37. The lowest BCUT2D eigenvalue weighted by Gasteiger charge is -2.39. The van der Waals surface area contributed by atoms with Crippen molar-refractivity contribution in [2.24, 2.45) is 12.8 Å². The molecule has 0 bridgehead atoms. The predicted octanol–water partition coefficient (Wildman–Crippen LogP) is 0.342. The minimum atomic E-state index is 0.102. The van der Waals surface area contributed by atoms with Crippen LogP contribution < -0.4 is 5.73 Å². The van der Waals surface area contributed by atoms with Crippen LogP contribution >= 0.6 is 0 Å². The van der Waals surface area contributed by atoms with Gasteiger partial charge in [0.25, 0.3) is 0 Å². The van der Waals surface area contributed by atoms with E-state index < -0.39 is 0 Å². The van der Waals surface area contributed by atoms with E-state index in [0.717, 1.165) is 31.8 Å². The molecule has 0 amide bonds. The summed E-state index contributed by atoms with van der Waals surface area (Å²) in [4.78, 5) is 6.83. The van der Waals surface area contributed by atoms with Gasteiger partial charge in [0, 0.05) is 31.4 Å². The SMILES string of the molecule is CN1CCC(CN)(c2nccn2C)CC1. The molecule has 1 aromatic rings. The minimum Gasteiger partial charge on any atom is -0.338 e. The number of hydrogen-bond donors (Lipinski definition) is 1. The van der Waals surface area contributed by atoms with Gasteiger partial charge in [-0.2, -0.15) is 0 Å². The van der Waals surface area contributed by atoms with Crippen LogP contribution in [0.1, 0.15) is 18.7 Å².